The number of rotatable bonds is 2. The van der Waals surface area contributed by atoms with Crippen LogP contribution in [-0.2, 0) is 4.79 Å². The van der Waals surface area contributed by atoms with Crippen molar-refractivity contribution in [1.29, 1.82) is 0 Å². The van der Waals surface area contributed by atoms with Crippen molar-refractivity contribution in [3.63, 3.8) is 0 Å². The van der Waals surface area contributed by atoms with Crippen molar-refractivity contribution in [3.8, 4) is 0 Å². The van der Waals surface area contributed by atoms with Crippen molar-refractivity contribution in [2.75, 3.05) is 0 Å². The average molecular weight is 262 g/mol. The number of hydrogen-bond acceptors (Lipinski definition) is 3. The molecule has 2 atom stereocenters. The van der Waals surface area contributed by atoms with Gasteiger partial charge in [-0.3, -0.25) is 4.79 Å². The minimum Gasteiger partial charge on any atom is -0.333 e. The highest BCUT2D eigenvalue weighted by molar-refractivity contribution is 7.10. The van der Waals surface area contributed by atoms with E-state index in [4.69, 9.17) is 5.73 Å². The summed E-state index contributed by atoms with van der Waals surface area (Å²) in [5.41, 5.74) is 6.01. The van der Waals surface area contributed by atoms with E-state index in [1.807, 2.05) is 23.6 Å². The van der Waals surface area contributed by atoms with E-state index in [1.165, 1.54) is 0 Å². The molecule has 3 rings (SSSR count). The molecule has 2 saturated heterocycles. The molecule has 3 heterocycles. The van der Waals surface area contributed by atoms with Crippen LogP contribution in [0.1, 0.15) is 30.6 Å². The van der Waals surface area contributed by atoms with Gasteiger partial charge >= 0.3 is 0 Å². The number of amides is 1. The molecule has 2 aliphatic rings. The second-order valence-corrected chi connectivity index (χ2v) is 6.19. The van der Waals surface area contributed by atoms with Crippen molar-refractivity contribution in [2.24, 2.45) is 5.73 Å². The maximum atomic E-state index is 12.3. The molecule has 1 aromatic rings. The van der Waals surface area contributed by atoms with Crippen LogP contribution in [-0.4, -0.2) is 28.9 Å². The fraction of sp³-hybridized carbons (Fsp3) is 0.500. The lowest BCUT2D eigenvalue weighted by atomic mass is 9.98. The smallest absolute Gasteiger partial charge is 0.247 e. The van der Waals surface area contributed by atoms with Crippen LogP contribution in [0.5, 0.6) is 0 Å². The summed E-state index contributed by atoms with van der Waals surface area (Å²) >= 11 is 1.65. The summed E-state index contributed by atoms with van der Waals surface area (Å²) in [5.74, 6) is 0.155. The zero-order chi connectivity index (χ0) is 12.5. The molecule has 4 heteroatoms. The molecule has 18 heavy (non-hydrogen) atoms. The lowest BCUT2D eigenvalue weighted by Gasteiger charge is -2.37. The average Bonchev–Trinajstić information content (AvgIpc) is 2.94. The highest BCUT2D eigenvalue weighted by atomic mass is 32.1. The number of carbonyl (C=O) groups excluding carboxylic acids is 1. The second kappa shape index (κ2) is 4.86. The largest absolute Gasteiger partial charge is 0.333 e. The summed E-state index contributed by atoms with van der Waals surface area (Å²) in [6, 6.07) is 5.06. The van der Waals surface area contributed by atoms with Crippen LogP contribution in [0.25, 0.3) is 6.08 Å². The van der Waals surface area contributed by atoms with Crippen molar-refractivity contribution in [1.82, 2.24) is 4.90 Å². The van der Waals surface area contributed by atoms with E-state index in [1.54, 1.807) is 17.4 Å². The van der Waals surface area contributed by atoms with E-state index in [2.05, 4.69) is 4.90 Å². The van der Waals surface area contributed by atoms with E-state index >= 15 is 0 Å². The first-order valence-corrected chi connectivity index (χ1v) is 7.41. The number of piperidine rings is 1. The van der Waals surface area contributed by atoms with Gasteiger partial charge in [-0.15, -0.1) is 11.3 Å². The molecule has 0 radical (unpaired) electrons. The van der Waals surface area contributed by atoms with Crippen molar-refractivity contribution in [2.45, 2.75) is 43.8 Å². The first-order chi connectivity index (χ1) is 8.74. The Labute approximate surface area is 111 Å². The molecule has 2 N–H and O–H groups in total. The van der Waals surface area contributed by atoms with Crippen molar-refractivity contribution < 1.29 is 4.79 Å². The van der Waals surface area contributed by atoms with Gasteiger partial charge in [-0.2, -0.15) is 0 Å². The van der Waals surface area contributed by atoms with Gasteiger partial charge in [0, 0.05) is 29.1 Å². The molecule has 0 aliphatic carbocycles. The third-order valence-electron chi connectivity index (χ3n) is 3.96. The number of fused-ring (bicyclic) bond motifs is 2. The Bertz CT molecular complexity index is 440. The van der Waals surface area contributed by atoms with Gasteiger partial charge in [0.05, 0.1) is 0 Å². The molecule has 0 saturated carbocycles. The Balaban J connectivity index is 1.70. The summed E-state index contributed by atoms with van der Waals surface area (Å²) in [5, 5.41) is 2.02. The molecular formula is C14H18N2OS. The number of nitrogens with zero attached hydrogens (tertiary/aromatic N) is 1. The molecule has 2 unspecified atom stereocenters. The number of thiophene rings is 1. The highest BCUT2D eigenvalue weighted by Gasteiger charge is 2.41. The zero-order valence-corrected chi connectivity index (χ0v) is 11.1. The molecular weight excluding hydrogens is 244 g/mol. The molecule has 3 nitrogen and oxygen atoms in total. The van der Waals surface area contributed by atoms with Crippen molar-refractivity contribution in [3.05, 3.63) is 28.5 Å². The van der Waals surface area contributed by atoms with Crippen LogP contribution in [0, 0.1) is 0 Å². The molecule has 2 bridgehead atoms. The molecule has 0 spiro atoms. The topological polar surface area (TPSA) is 46.3 Å². The van der Waals surface area contributed by atoms with E-state index in [9.17, 15) is 4.79 Å². The maximum absolute atomic E-state index is 12.3. The predicted molar refractivity (Wildman–Crippen MR) is 74.2 cm³/mol. The lowest BCUT2D eigenvalue weighted by Crippen LogP contribution is -2.49. The SMILES string of the molecule is NC1CC2CCC(C1)N2C(=O)/C=C/c1cccs1. The van der Waals surface area contributed by atoms with E-state index in [0.717, 1.165) is 30.6 Å². The standard InChI is InChI=1S/C14H18N2OS/c15-10-8-11-3-4-12(9-10)16(11)14(17)6-5-13-2-1-7-18-13/h1-2,5-7,10-12H,3-4,8-9,15H2/b6-5+. The first-order valence-electron chi connectivity index (χ1n) is 6.53. The third-order valence-corrected chi connectivity index (χ3v) is 4.79. The van der Waals surface area contributed by atoms with Gasteiger partial charge in [0.25, 0.3) is 0 Å². The quantitative estimate of drug-likeness (QED) is 0.831. The fourth-order valence-electron chi connectivity index (χ4n) is 3.20. The van der Waals surface area contributed by atoms with Crippen LogP contribution in [0.3, 0.4) is 0 Å². The van der Waals surface area contributed by atoms with E-state index < -0.39 is 0 Å². The van der Waals surface area contributed by atoms with Crippen LogP contribution in [0.15, 0.2) is 23.6 Å². The minimum atomic E-state index is 0.155. The summed E-state index contributed by atoms with van der Waals surface area (Å²) in [4.78, 5) is 15.5. The molecule has 1 aromatic heterocycles. The Morgan fingerprint density at radius 3 is 2.72 bits per heavy atom. The van der Waals surface area contributed by atoms with Crippen LogP contribution < -0.4 is 5.73 Å². The molecule has 96 valence electrons. The summed E-state index contributed by atoms with van der Waals surface area (Å²) in [6.07, 6.45) is 7.81. The zero-order valence-electron chi connectivity index (χ0n) is 10.3. The van der Waals surface area contributed by atoms with Gasteiger partial charge in [0.15, 0.2) is 0 Å². The highest BCUT2D eigenvalue weighted by Crippen LogP contribution is 2.35. The van der Waals surface area contributed by atoms with Gasteiger partial charge < -0.3 is 10.6 Å². The molecule has 0 aromatic carbocycles. The normalized spacial score (nSPS) is 31.2. The van der Waals surface area contributed by atoms with Crippen LogP contribution in [0.2, 0.25) is 0 Å². The van der Waals surface area contributed by atoms with Crippen LogP contribution >= 0.6 is 11.3 Å². The van der Waals surface area contributed by atoms with Gasteiger partial charge in [-0.05, 0) is 43.2 Å². The fourth-order valence-corrected chi connectivity index (χ4v) is 3.82. The molecule has 1 amide bonds. The Kier molecular flexibility index (Phi) is 3.22. The Hall–Kier alpha value is -1.13. The summed E-state index contributed by atoms with van der Waals surface area (Å²) in [7, 11) is 0. The number of nitrogens with two attached hydrogens (primary N) is 1. The van der Waals surface area contributed by atoms with Crippen LogP contribution in [0.4, 0.5) is 0 Å². The summed E-state index contributed by atoms with van der Waals surface area (Å²) < 4.78 is 0. The van der Waals surface area contributed by atoms with E-state index in [-0.39, 0.29) is 11.9 Å². The van der Waals surface area contributed by atoms with Gasteiger partial charge in [-0.1, -0.05) is 6.07 Å². The van der Waals surface area contributed by atoms with Crippen molar-refractivity contribution >= 4 is 23.3 Å². The maximum Gasteiger partial charge on any atom is 0.247 e. The summed E-state index contributed by atoms with van der Waals surface area (Å²) in [6.45, 7) is 0. The van der Waals surface area contributed by atoms with Gasteiger partial charge in [-0.25, -0.2) is 0 Å². The molecule has 2 aliphatic heterocycles. The predicted octanol–water partition coefficient (Wildman–Crippen LogP) is 2.24. The minimum absolute atomic E-state index is 0.155. The lowest BCUT2D eigenvalue weighted by molar-refractivity contribution is -0.130. The van der Waals surface area contributed by atoms with Gasteiger partial charge in [0.2, 0.25) is 5.91 Å². The Morgan fingerprint density at radius 1 is 1.39 bits per heavy atom. The Morgan fingerprint density at radius 2 is 2.11 bits per heavy atom. The number of carbonyl (C=O) groups is 1. The monoisotopic (exact) mass is 262 g/mol. The van der Waals surface area contributed by atoms with Gasteiger partial charge in [0.1, 0.15) is 0 Å². The second-order valence-electron chi connectivity index (χ2n) is 5.21. The first kappa shape index (κ1) is 11.9. The van der Waals surface area contributed by atoms with E-state index in [0.29, 0.717) is 12.1 Å². The third kappa shape index (κ3) is 2.22. The number of hydrogen-bond donors (Lipinski definition) is 1. The molecule has 2 fully saturated rings.